The van der Waals surface area contributed by atoms with E-state index in [1.807, 2.05) is 12.1 Å². The number of allylic oxidation sites excluding steroid dienone is 2. The molecular weight excluding hydrogens is 256 g/mol. The lowest BCUT2D eigenvalue weighted by Crippen LogP contribution is -2.28. The fourth-order valence-electron chi connectivity index (χ4n) is 3.46. The first-order chi connectivity index (χ1) is 9.17. The lowest BCUT2D eigenvalue weighted by Gasteiger charge is -2.27. The maximum Gasteiger partial charge on any atom is 0.101 e. The molecule has 0 spiro atoms. The van der Waals surface area contributed by atoms with Crippen LogP contribution in [-0.4, -0.2) is 6.04 Å². The molecule has 1 N–H and O–H groups in total. The Labute approximate surface area is 119 Å². The summed E-state index contributed by atoms with van der Waals surface area (Å²) in [5.41, 5.74) is 1.53. The van der Waals surface area contributed by atoms with Gasteiger partial charge in [-0.15, -0.1) is 0 Å². The first kappa shape index (κ1) is 12.6. The number of anilines is 1. The lowest BCUT2D eigenvalue weighted by atomic mass is 9.87. The molecule has 4 atom stereocenters. The van der Waals surface area contributed by atoms with Crippen LogP contribution in [0.3, 0.4) is 0 Å². The van der Waals surface area contributed by atoms with Gasteiger partial charge in [-0.05, 0) is 55.7 Å². The van der Waals surface area contributed by atoms with Gasteiger partial charge in [0, 0.05) is 11.7 Å². The van der Waals surface area contributed by atoms with Gasteiger partial charge in [0.05, 0.1) is 10.6 Å². The quantitative estimate of drug-likeness (QED) is 0.836. The minimum Gasteiger partial charge on any atom is -0.382 e. The van der Waals surface area contributed by atoms with E-state index in [1.54, 1.807) is 6.07 Å². The molecule has 1 aromatic rings. The fraction of sp³-hybridized carbons (Fsp3) is 0.438. The van der Waals surface area contributed by atoms with Crippen LogP contribution in [0, 0.1) is 29.1 Å². The van der Waals surface area contributed by atoms with E-state index in [0.29, 0.717) is 22.5 Å². The molecule has 0 amide bonds. The average molecular weight is 273 g/mol. The summed E-state index contributed by atoms with van der Waals surface area (Å²) in [5.74, 6) is 2.24. The molecule has 2 nitrogen and oxygen atoms in total. The first-order valence-corrected chi connectivity index (χ1v) is 7.19. The minimum absolute atomic E-state index is 0.434. The molecule has 0 aliphatic heterocycles. The molecule has 98 valence electrons. The van der Waals surface area contributed by atoms with Crippen molar-refractivity contribution in [3.05, 3.63) is 40.9 Å². The van der Waals surface area contributed by atoms with Gasteiger partial charge in [0.15, 0.2) is 0 Å². The molecule has 2 aliphatic rings. The van der Waals surface area contributed by atoms with E-state index in [9.17, 15) is 0 Å². The number of fused-ring (bicyclic) bond motifs is 2. The van der Waals surface area contributed by atoms with Gasteiger partial charge in [0.25, 0.3) is 0 Å². The summed E-state index contributed by atoms with van der Waals surface area (Å²) >= 11 is 6.06. The van der Waals surface area contributed by atoms with Gasteiger partial charge in [-0.1, -0.05) is 23.8 Å². The highest BCUT2D eigenvalue weighted by molar-refractivity contribution is 6.32. The van der Waals surface area contributed by atoms with E-state index in [1.165, 1.54) is 12.8 Å². The number of hydrogen-bond donors (Lipinski definition) is 1. The summed E-state index contributed by atoms with van der Waals surface area (Å²) in [5, 5.41) is 12.9. The van der Waals surface area contributed by atoms with Crippen LogP contribution in [0.2, 0.25) is 5.02 Å². The Hall–Kier alpha value is -1.46. The van der Waals surface area contributed by atoms with E-state index in [2.05, 4.69) is 30.5 Å². The van der Waals surface area contributed by atoms with Crippen molar-refractivity contribution in [1.82, 2.24) is 0 Å². The maximum absolute atomic E-state index is 8.87. The monoisotopic (exact) mass is 272 g/mol. The average Bonchev–Trinajstić information content (AvgIpc) is 3.01. The summed E-state index contributed by atoms with van der Waals surface area (Å²) < 4.78 is 0. The molecule has 0 radical (unpaired) electrons. The Morgan fingerprint density at radius 3 is 2.79 bits per heavy atom. The van der Waals surface area contributed by atoms with Crippen molar-refractivity contribution in [2.24, 2.45) is 17.8 Å². The van der Waals surface area contributed by atoms with Crippen LogP contribution in [0.15, 0.2) is 30.4 Å². The van der Waals surface area contributed by atoms with Crippen molar-refractivity contribution in [1.29, 1.82) is 5.26 Å². The predicted octanol–water partition coefficient (Wildman–Crippen LogP) is 4.22. The van der Waals surface area contributed by atoms with Gasteiger partial charge >= 0.3 is 0 Å². The number of rotatable bonds is 3. The van der Waals surface area contributed by atoms with E-state index in [0.717, 1.165) is 17.5 Å². The summed E-state index contributed by atoms with van der Waals surface area (Å²) in [4.78, 5) is 0. The third-order valence-corrected chi connectivity index (χ3v) is 4.77. The van der Waals surface area contributed by atoms with Gasteiger partial charge in [-0.3, -0.25) is 0 Å². The zero-order chi connectivity index (χ0) is 13.4. The second-order valence-corrected chi connectivity index (χ2v) is 6.09. The van der Waals surface area contributed by atoms with Gasteiger partial charge < -0.3 is 5.32 Å². The van der Waals surface area contributed by atoms with Gasteiger partial charge in [-0.25, -0.2) is 0 Å². The third kappa shape index (κ3) is 2.35. The van der Waals surface area contributed by atoms with Crippen LogP contribution < -0.4 is 5.32 Å². The van der Waals surface area contributed by atoms with Crippen molar-refractivity contribution in [3.63, 3.8) is 0 Å². The SMILES string of the molecule is CC(Nc1ccc(C#N)c(Cl)c1)C1CC2C=CC1C2. The Kier molecular flexibility index (Phi) is 3.24. The number of halogens is 1. The third-order valence-electron chi connectivity index (χ3n) is 4.46. The fourth-order valence-corrected chi connectivity index (χ4v) is 3.69. The van der Waals surface area contributed by atoms with Crippen LogP contribution in [-0.2, 0) is 0 Å². The van der Waals surface area contributed by atoms with Crippen molar-refractivity contribution in [3.8, 4) is 6.07 Å². The minimum atomic E-state index is 0.434. The van der Waals surface area contributed by atoms with Gasteiger partial charge in [0.1, 0.15) is 6.07 Å². The molecule has 2 aliphatic carbocycles. The number of nitriles is 1. The summed E-state index contributed by atoms with van der Waals surface area (Å²) in [6.45, 7) is 2.24. The Morgan fingerprint density at radius 1 is 1.37 bits per heavy atom. The van der Waals surface area contributed by atoms with Gasteiger partial charge in [-0.2, -0.15) is 5.26 Å². The lowest BCUT2D eigenvalue weighted by molar-refractivity contribution is 0.400. The van der Waals surface area contributed by atoms with Crippen LogP contribution in [0.25, 0.3) is 0 Å². The molecule has 1 aromatic carbocycles. The van der Waals surface area contributed by atoms with E-state index in [-0.39, 0.29) is 0 Å². The molecule has 1 saturated carbocycles. The number of nitrogens with zero attached hydrogens (tertiary/aromatic N) is 1. The van der Waals surface area contributed by atoms with Crippen molar-refractivity contribution in [2.45, 2.75) is 25.8 Å². The maximum atomic E-state index is 8.87. The molecule has 4 unspecified atom stereocenters. The summed E-state index contributed by atoms with van der Waals surface area (Å²) in [6.07, 6.45) is 7.36. The second-order valence-electron chi connectivity index (χ2n) is 5.68. The number of nitrogens with one attached hydrogen (secondary N) is 1. The molecule has 19 heavy (non-hydrogen) atoms. The zero-order valence-electron chi connectivity index (χ0n) is 10.9. The van der Waals surface area contributed by atoms with Crippen LogP contribution in [0.1, 0.15) is 25.3 Å². The number of benzene rings is 1. The molecule has 2 bridgehead atoms. The standard InChI is InChI=1S/C16H17ClN2/c1-10(15-7-11-2-3-12(15)6-11)19-14-5-4-13(9-18)16(17)8-14/h2-5,8,10-12,15,19H,6-7H2,1H3. The topological polar surface area (TPSA) is 35.8 Å². The Balaban J connectivity index is 1.70. The molecule has 0 heterocycles. The normalized spacial score (nSPS) is 29.2. The van der Waals surface area contributed by atoms with Crippen molar-refractivity contribution >= 4 is 17.3 Å². The van der Waals surface area contributed by atoms with Crippen LogP contribution in [0.4, 0.5) is 5.69 Å². The van der Waals surface area contributed by atoms with Crippen LogP contribution >= 0.6 is 11.6 Å². The molecule has 0 saturated heterocycles. The first-order valence-electron chi connectivity index (χ1n) is 6.82. The smallest absolute Gasteiger partial charge is 0.101 e. The molecule has 0 aromatic heterocycles. The molecule has 3 rings (SSSR count). The largest absolute Gasteiger partial charge is 0.382 e. The van der Waals surface area contributed by atoms with E-state index >= 15 is 0 Å². The Morgan fingerprint density at radius 2 is 2.21 bits per heavy atom. The molecule has 1 fully saturated rings. The van der Waals surface area contributed by atoms with Crippen molar-refractivity contribution < 1.29 is 0 Å². The summed E-state index contributed by atoms with van der Waals surface area (Å²) in [6, 6.07) is 8.08. The van der Waals surface area contributed by atoms with Crippen molar-refractivity contribution in [2.75, 3.05) is 5.32 Å². The Bertz CT molecular complexity index is 558. The molecular formula is C16H17ClN2. The van der Waals surface area contributed by atoms with Gasteiger partial charge in [0.2, 0.25) is 0 Å². The van der Waals surface area contributed by atoms with E-state index < -0.39 is 0 Å². The van der Waals surface area contributed by atoms with E-state index in [4.69, 9.17) is 16.9 Å². The van der Waals surface area contributed by atoms with Crippen LogP contribution in [0.5, 0.6) is 0 Å². The molecule has 3 heteroatoms. The highest BCUT2D eigenvalue weighted by Crippen LogP contribution is 2.45. The second kappa shape index (κ2) is 4.90. The highest BCUT2D eigenvalue weighted by Gasteiger charge is 2.38. The predicted molar refractivity (Wildman–Crippen MR) is 78.1 cm³/mol. The summed E-state index contributed by atoms with van der Waals surface area (Å²) in [7, 11) is 0. The highest BCUT2D eigenvalue weighted by atomic mass is 35.5. The number of hydrogen-bond acceptors (Lipinski definition) is 2. The zero-order valence-corrected chi connectivity index (χ0v) is 11.7.